The molecular formula is C29H41N3O4. The Morgan fingerprint density at radius 1 is 1.03 bits per heavy atom. The van der Waals surface area contributed by atoms with Crippen LogP contribution in [0.3, 0.4) is 0 Å². The normalized spacial score (nSPS) is 18.6. The third-order valence-corrected chi connectivity index (χ3v) is 5.63. The van der Waals surface area contributed by atoms with Crippen molar-refractivity contribution in [1.82, 2.24) is 9.55 Å². The molecule has 0 saturated carbocycles. The van der Waals surface area contributed by atoms with Gasteiger partial charge < -0.3 is 15.2 Å². The van der Waals surface area contributed by atoms with E-state index in [-0.39, 0.29) is 24.4 Å². The van der Waals surface area contributed by atoms with Crippen LogP contribution in [0.2, 0.25) is 0 Å². The van der Waals surface area contributed by atoms with Crippen molar-refractivity contribution in [3.05, 3.63) is 83.5 Å². The molecule has 0 aliphatic carbocycles. The van der Waals surface area contributed by atoms with E-state index in [2.05, 4.69) is 78.0 Å². The summed E-state index contributed by atoms with van der Waals surface area (Å²) in [5, 5.41) is 11.9. The topological polar surface area (TPSA) is 93.5 Å². The van der Waals surface area contributed by atoms with E-state index >= 15 is 0 Å². The number of anilines is 1. The molecule has 0 radical (unpaired) electrons. The molecule has 1 aromatic rings. The van der Waals surface area contributed by atoms with Gasteiger partial charge in [-0.15, -0.1) is 0 Å². The number of unbranched alkanes of at least 4 members (excludes halogenated alkanes) is 1. The summed E-state index contributed by atoms with van der Waals surface area (Å²) in [5.74, 6) is 0.0808. The average Bonchev–Trinajstić information content (AvgIpc) is 3.35. The largest absolute Gasteiger partial charge is 0.394 e. The predicted octanol–water partition coefficient (Wildman–Crippen LogP) is 5.77. The molecule has 1 aliphatic heterocycles. The quantitative estimate of drug-likeness (QED) is 0.224. The molecule has 1 amide bonds. The standard InChI is InChI=1S/C29H41N3O4/c1-2-3-4-5-6-7-8-9-10-11-12-13-14-15-16-17-18-19-27(34)30-26-22-23-32(29(35)31-26)28-21-20-25(24-33)36-28/h3-4,6-7,9-10,12-13,15-16,22-23,25,28,33H,2,5,8,11,14,17-21,24H2,1H3,(H,30,31,34,35). The Hall–Kier alpha value is -3.03. The maximum Gasteiger partial charge on any atom is 0.351 e. The molecule has 2 atom stereocenters. The first-order valence-corrected chi connectivity index (χ1v) is 13.0. The zero-order valence-electron chi connectivity index (χ0n) is 21.4. The summed E-state index contributed by atoms with van der Waals surface area (Å²) in [5.41, 5.74) is -0.477. The highest BCUT2D eigenvalue weighted by atomic mass is 16.5. The van der Waals surface area contributed by atoms with Crippen molar-refractivity contribution in [3.8, 4) is 0 Å². The highest BCUT2D eigenvalue weighted by Crippen LogP contribution is 2.26. The number of amides is 1. The SMILES string of the molecule is CCC=CCC=CCC=CCC=CCC=CCCCC(=O)Nc1ccn(C2CCC(CO)O2)c(=O)n1. The van der Waals surface area contributed by atoms with Gasteiger partial charge in [-0.1, -0.05) is 67.7 Å². The third kappa shape index (κ3) is 12.1. The number of nitrogens with one attached hydrogen (secondary N) is 1. The summed E-state index contributed by atoms with van der Waals surface area (Å²) >= 11 is 0. The first kappa shape index (κ1) is 29.2. The van der Waals surface area contributed by atoms with Crippen LogP contribution in [0.25, 0.3) is 0 Å². The molecule has 196 valence electrons. The lowest BCUT2D eigenvalue weighted by Crippen LogP contribution is -2.28. The Balaban J connectivity index is 1.54. The minimum absolute atomic E-state index is 0.0631. The fourth-order valence-corrected chi connectivity index (χ4v) is 3.68. The van der Waals surface area contributed by atoms with Crippen molar-refractivity contribution in [3.63, 3.8) is 0 Å². The van der Waals surface area contributed by atoms with Gasteiger partial charge in [0.1, 0.15) is 12.0 Å². The highest BCUT2D eigenvalue weighted by molar-refractivity contribution is 5.89. The number of rotatable bonds is 16. The van der Waals surface area contributed by atoms with Crippen LogP contribution in [0.5, 0.6) is 0 Å². The lowest BCUT2D eigenvalue weighted by atomic mass is 10.2. The second kappa shape index (κ2) is 18.3. The van der Waals surface area contributed by atoms with Crippen LogP contribution < -0.4 is 11.0 Å². The first-order valence-electron chi connectivity index (χ1n) is 13.0. The minimum atomic E-state index is -0.477. The predicted molar refractivity (Wildman–Crippen MR) is 146 cm³/mol. The van der Waals surface area contributed by atoms with E-state index in [1.807, 2.05) is 0 Å². The van der Waals surface area contributed by atoms with Crippen molar-refractivity contribution in [2.45, 2.75) is 83.5 Å². The summed E-state index contributed by atoms with van der Waals surface area (Å²) in [7, 11) is 0. The molecule has 7 nitrogen and oxygen atoms in total. The molecule has 1 aromatic heterocycles. The zero-order valence-corrected chi connectivity index (χ0v) is 21.4. The molecule has 1 saturated heterocycles. The Morgan fingerprint density at radius 3 is 2.19 bits per heavy atom. The van der Waals surface area contributed by atoms with Crippen LogP contribution in [0.15, 0.2) is 77.8 Å². The van der Waals surface area contributed by atoms with Gasteiger partial charge in [0.25, 0.3) is 0 Å². The van der Waals surface area contributed by atoms with E-state index in [0.29, 0.717) is 19.3 Å². The molecule has 0 spiro atoms. The number of aromatic nitrogens is 2. The third-order valence-electron chi connectivity index (χ3n) is 5.63. The Kier molecular flexibility index (Phi) is 14.8. The number of aliphatic hydroxyl groups excluding tert-OH is 1. The molecule has 2 N–H and O–H groups in total. The van der Waals surface area contributed by atoms with Gasteiger partial charge in [-0.3, -0.25) is 9.36 Å². The van der Waals surface area contributed by atoms with Crippen LogP contribution in [-0.2, 0) is 9.53 Å². The van der Waals surface area contributed by atoms with Gasteiger partial charge in [0.2, 0.25) is 5.91 Å². The van der Waals surface area contributed by atoms with Gasteiger partial charge >= 0.3 is 5.69 Å². The Morgan fingerprint density at radius 2 is 1.64 bits per heavy atom. The number of hydrogen-bond acceptors (Lipinski definition) is 5. The highest BCUT2D eigenvalue weighted by Gasteiger charge is 2.26. The van der Waals surface area contributed by atoms with E-state index in [0.717, 1.165) is 44.9 Å². The molecule has 36 heavy (non-hydrogen) atoms. The number of nitrogens with zero attached hydrogens (tertiary/aromatic N) is 2. The molecular weight excluding hydrogens is 454 g/mol. The molecule has 2 unspecified atom stereocenters. The lowest BCUT2D eigenvalue weighted by Gasteiger charge is -2.14. The number of ether oxygens (including phenoxy) is 1. The van der Waals surface area contributed by atoms with Crippen LogP contribution >= 0.6 is 0 Å². The second-order valence-corrected chi connectivity index (χ2v) is 8.62. The molecule has 0 bridgehead atoms. The van der Waals surface area contributed by atoms with Crippen LogP contribution in [0.1, 0.15) is 77.4 Å². The number of hydrogen-bond donors (Lipinski definition) is 2. The van der Waals surface area contributed by atoms with E-state index in [1.165, 1.54) is 4.57 Å². The van der Waals surface area contributed by atoms with Gasteiger partial charge in [-0.25, -0.2) is 4.79 Å². The Bertz CT molecular complexity index is 975. The van der Waals surface area contributed by atoms with Gasteiger partial charge in [-0.2, -0.15) is 4.98 Å². The average molecular weight is 496 g/mol. The summed E-state index contributed by atoms with van der Waals surface area (Å²) in [6.07, 6.45) is 30.7. The molecule has 1 aliphatic rings. The molecule has 0 aromatic carbocycles. The minimum Gasteiger partial charge on any atom is -0.394 e. The lowest BCUT2D eigenvalue weighted by molar-refractivity contribution is -0.116. The number of carbonyl (C=O) groups is 1. The smallest absolute Gasteiger partial charge is 0.351 e. The van der Waals surface area contributed by atoms with Crippen molar-refractivity contribution in [2.75, 3.05) is 11.9 Å². The van der Waals surface area contributed by atoms with Gasteiger partial charge in [0, 0.05) is 12.6 Å². The second-order valence-electron chi connectivity index (χ2n) is 8.62. The monoisotopic (exact) mass is 495 g/mol. The van der Waals surface area contributed by atoms with E-state index in [9.17, 15) is 14.7 Å². The van der Waals surface area contributed by atoms with E-state index in [4.69, 9.17) is 4.74 Å². The number of aliphatic hydroxyl groups is 1. The molecule has 1 fully saturated rings. The molecule has 7 heteroatoms. The van der Waals surface area contributed by atoms with Crippen molar-refractivity contribution in [1.29, 1.82) is 0 Å². The van der Waals surface area contributed by atoms with E-state index in [1.54, 1.807) is 12.3 Å². The van der Waals surface area contributed by atoms with Crippen molar-refractivity contribution < 1.29 is 14.6 Å². The van der Waals surface area contributed by atoms with Crippen molar-refractivity contribution >= 4 is 11.7 Å². The van der Waals surface area contributed by atoms with E-state index < -0.39 is 11.9 Å². The van der Waals surface area contributed by atoms with Crippen LogP contribution in [-0.4, -0.2) is 33.3 Å². The Labute approximate surface area is 215 Å². The fourth-order valence-electron chi connectivity index (χ4n) is 3.68. The summed E-state index contributed by atoms with van der Waals surface area (Å²) in [6.45, 7) is 2.08. The maximum absolute atomic E-state index is 12.3. The molecule has 2 rings (SSSR count). The summed E-state index contributed by atoms with van der Waals surface area (Å²) in [4.78, 5) is 28.3. The van der Waals surface area contributed by atoms with Gasteiger partial charge in [0.15, 0.2) is 0 Å². The summed E-state index contributed by atoms with van der Waals surface area (Å²) < 4.78 is 7.01. The van der Waals surface area contributed by atoms with Gasteiger partial charge in [0.05, 0.1) is 12.7 Å². The van der Waals surface area contributed by atoms with Gasteiger partial charge in [-0.05, 0) is 63.9 Å². The summed E-state index contributed by atoms with van der Waals surface area (Å²) in [6, 6.07) is 1.60. The van der Waals surface area contributed by atoms with Crippen molar-refractivity contribution in [2.24, 2.45) is 0 Å². The maximum atomic E-state index is 12.3. The fraction of sp³-hybridized carbons (Fsp3) is 0.483. The number of carbonyl (C=O) groups excluding carboxylic acids is 1. The first-order chi connectivity index (χ1) is 17.6. The number of allylic oxidation sites excluding steroid dienone is 10. The molecule has 2 heterocycles. The zero-order chi connectivity index (χ0) is 25.8. The van der Waals surface area contributed by atoms with Crippen LogP contribution in [0, 0.1) is 0 Å². The van der Waals surface area contributed by atoms with Crippen LogP contribution in [0.4, 0.5) is 5.82 Å².